The van der Waals surface area contributed by atoms with Gasteiger partial charge >= 0.3 is 17.9 Å². The van der Waals surface area contributed by atoms with Crippen LogP contribution in [0.25, 0.3) is 0 Å². The summed E-state index contributed by atoms with van der Waals surface area (Å²) in [4.78, 5) is 37.3. The molecule has 0 radical (unpaired) electrons. The molecule has 3 amide bonds. The van der Waals surface area contributed by atoms with Crippen LogP contribution in [-0.4, -0.2) is 35.5 Å². The molecular weight excluding hydrogens is 401 g/mol. The Labute approximate surface area is 178 Å². The van der Waals surface area contributed by atoms with E-state index < -0.39 is 11.9 Å². The summed E-state index contributed by atoms with van der Waals surface area (Å²) in [5, 5.41) is 5.68. The molecule has 1 heterocycles. The number of esters is 1. The second-order valence-electron chi connectivity index (χ2n) is 8.81. The molecule has 1 aliphatic heterocycles. The van der Waals surface area contributed by atoms with Crippen molar-refractivity contribution in [1.82, 2.24) is 10.2 Å². The lowest BCUT2D eigenvalue weighted by Gasteiger charge is -2.70. The number of methoxy groups -OCH3 is 1. The number of urea groups is 1. The van der Waals surface area contributed by atoms with Gasteiger partial charge in [-0.1, -0.05) is 18.2 Å². The molecule has 3 aliphatic carbocycles. The number of ether oxygens (including phenoxy) is 1. The van der Waals surface area contributed by atoms with Gasteiger partial charge < -0.3 is 20.3 Å². The molecule has 0 aromatic heterocycles. The Bertz CT molecular complexity index is 1080. The van der Waals surface area contributed by atoms with Crippen molar-refractivity contribution in [2.24, 2.45) is 0 Å². The maximum atomic E-state index is 13.4. The molecular formula is C23H22FN3O4. The summed E-state index contributed by atoms with van der Waals surface area (Å²) in [6.45, 7) is 0.849. The van der Waals surface area contributed by atoms with Crippen LogP contribution in [0.1, 0.15) is 36.0 Å². The molecule has 2 bridgehead atoms. The molecule has 4 aliphatic rings. The standard InChI is InChI=1S/C23H22FN3O4/c1-31-20(29)19(28)26-23-11-22(12-23,13-23)16-3-6-18(7-4-16)25-21(30)27-9-14-2-5-17(24)8-15(14)10-27/h2-8H,9-13H2,1H3,(H,25,30)(H,26,28). The number of carbonyl (C=O) groups excluding carboxylic acids is 3. The van der Waals surface area contributed by atoms with E-state index in [1.165, 1.54) is 19.2 Å². The van der Waals surface area contributed by atoms with Gasteiger partial charge in [-0.3, -0.25) is 4.79 Å². The smallest absolute Gasteiger partial charge is 0.396 e. The molecule has 2 N–H and O–H groups in total. The molecule has 0 unspecified atom stereocenters. The van der Waals surface area contributed by atoms with E-state index in [1.807, 2.05) is 24.3 Å². The number of benzene rings is 2. The number of nitrogens with zero attached hydrogens (tertiary/aromatic N) is 1. The van der Waals surface area contributed by atoms with E-state index in [1.54, 1.807) is 11.0 Å². The normalized spacial score (nSPS) is 25.0. The topological polar surface area (TPSA) is 87.7 Å². The summed E-state index contributed by atoms with van der Waals surface area (Å²) < 4.78 is 17.8. The van der Waals surface area contributed by atoms with Crippen LogP contribution >= 0.6 is 0 Å². The number of hydrogen-bond acceptors (Lipinski definition) is 4. The van der Waals surface area contributed by atoms with E-state index in [0.29, 0.717) is 18.8 Å². The summed E-state index contributed by atoms with van der Waals surface area (Å²) in [5.74, 6) is -1.86. The van der Waals surface area contributed by atoms with Gasteiger partial charge in [-0.2, -0.15) is 0 Å². The maximum absolute atomic E-state index is 13.4. The Morgan fingerprint density at radius 1 is 1.00 bits per heavy atom. The van der Waals surface area contributed by atoms with E-state index in [9.17, 15) is 18.8 Å². The van der Waals surface area contributed by atoms with Gasteiger partial charge in [0.05, 0.1) is 7.11 Å². The van der Waals surface area contributed by atoms with Crippen LogP contribution in [0.4, 0.5) is 14.9 Å². The number of amides is 3. The summed E-state index contributed by atoms with van der Waals surface area (Å²) in [7, 11) is 1.19. The quantitative estimate of drug-likeness (QED) is 0.587. The van der Waals surface area contributed by atoms with Gasteiger partial charge in [0.1, 0.15) is 5.82 Å². The first-order valence-electron chi connectivity index (χ1n) is 10.2. The van der Waals surface area contributed by atoms with E-state index >= 15 is 0 Å². The molecule has 0 saturated heterocycles. The second kappa shape index (κ2) is 6.80. The first-order chi connectivity index (χ1) is 14.8. The Hall–Kier alpha value is -3.42. The fourth-order valence-electron chi connectivity index (χ4n) is 5.23. The molecule has 2 aromatic carbocycles. The first kappa shape index (κ1) is 19.5. The van der Waals surface area contributed by atoms with Crippen LogP contribution in [0.15, 0.2) is 42.5 Å². The number of nitrogens with one attached hydrogen (secondary N) is 2. The Kier molecular flexibility index (Phi) is 4.28. The third kappa shape index (κ3) is 3.22. The fraction of sp³-hybridized carbons (Fsp3) is 0.348. The lowest BCUT2D eigenvalue weighted by molar-refractivity contribution is -0.160. The van der Waals surface area contributed by atoms with Gasteiger partial charge in [-0.25, -0.2) is 14.0 Å². The summed E-state index contributed by atoms with van der Waals surface area (Å²) in [6, 6.07) is 12.1. The molecule has 6 rings (SSSR count). The van der Waals surface area contributed by atoms with Crippen molar-refractivity contribution in [2.75, 3.05) is 12.4 Å². The van der Waals surface area contributed by atoms with Crippen molar-refractivity contribution < 1.29 is 23.5 Å². The molecule has 7 nitrogen and oxygen atoms in total. The molecule has 31 heavy (non-hydrogen) atoms. The van der Waals surface area contributed by atoms with Gasteiger partial charge in [0.2, 0.25) is 0 Å². The lowest BCUT2D eigenvalue weighted by Crippen LogP contribution is -2.77. The predicted molar refractivity (Wildman–Crippen MR) is 110 cm³/mol. The van der Waals surface area contributed by atoms with Crippen LogP contribution in [-0.2, 0) is 32.8 Å². The highest BCUT2D eigenvalue weighted by Crippen LogP contribution is 2.67. The fourth-order valence-corrected chi connectivity index (χ4v) is 5.23. The highest BCUT2D eigenvalue weighted by molar-refractivity contribution is 6.32. The number of halogens is 1. The van der Waals surface area contributed by atoms with Gasteiger partial charge in [0, 0.05) is 29.7 Å². The minimum absolute atomic E-state index is 0.0204. The van der Waals surface area contributed by atoms with Gasteiger partial charge in [0.15, 0.2) is 0 Å². The van der Waals surface area contributed by atoms with Gasteiger partial charge in [-0.15, -0.1) is 0 Å². The van der Waals surface area contributed by atoms with E-state index in [4.69, 9.17) is 0 Å². The van der Waals surface area contributed by atoms with E-state index in [-0.39, 0.29) is 22.8 Å². The van der Waals surface area contributed by atoms with Crippen LogP contribution in [0, 0.1) is 5.82 Å². The number of carbonyl (C=O) groups is 3. The molecule has 3 saturated carbocycles. The average molecular weight is 423 g/mol. The van der Waals surface area contributed by atoms with Gasteiger partial charge in [0.25, 0.3) is 0 Å². The summed E-state index contributed by atoms with van der Waals surface area (Å²) in [6.07, 6.45) is 2.37. The van der Waals surface area contributed by atoms with Crippen LogP contribution in [0.2, 0.25) is 0 Å². The van der Waals surface area contributed by atoms with E-state index in [0.717, 1.165) is 36.0 Å². The lowest BCUT2D eigenvalue weighted by atomic mass is 9.37. The third-order valence-electron chi connectivity index (χ3n) is 6.71. The number of fused-ring (bicyclic) bond motifs is 1. The molecule has 3 fully saturated rings. The highest BCUT2D eigenvalue weighted by Gasteiger charge is 2.69. The van der Waals surface area contributed by atoms with Crippen LogP contribution in [0.5, 0.6) is 0 Å². The van der Waals surface area contributed by atoms with Crippen molar-refractivity contribution >= 4 is 23.6 Å². The van der Waals surface area contributed by atoms with Crippen molar-refractivity contribution in [1.29, 1.82) is 0 Å². The summed E-state index contributed by atoms with van der Waals surface area (Å²) >= 11 is 0. The molecule has 0 spiro atoms. The Balaban J connectivity index is 1.17. The van der Waals surface area contributed by atoms with E-state index in [2.05, 4.69) is 15.4 Å². The van der Waals surface area contributed by atoms with Crippen molar-refractivity contribution in [3.05, 3.63) is 65.0 Å². The monoisotopic (exact) mass is 423 g/mol. The van der Waals surface area contributed by atoms with Gasteiger partial charge in [-0.05, 0) is 60.2 Å². The largest absolute Gasteiger partial charge is 0.462 e. The highest BCUT2D eigenvalue weighted by atomic mass is 19.1. The summed E-state index contributed by atoms with van der Waals surface area (Å²) in [5.41, 5.74) is 3.36. The van der Waals surface area contributed by atoms with Crippen LogP contribution < -0.4 is 10.6 Å². The number of hydrogen-bond donors (Lipinski definition) is 2. The zero-order chi connectivity index (χ0) is 21.8. The molecule has 2 aromatic rings. The second-order valence-corrected chi connectivity index (χ2v) is 8.81. The molecule has 160 valence electrons. The zero-order valence-electron chi connectivity index (χ0n) is 17.0. The third-order valence-corrected chi connectivity index (χ3v) is 6.71. The minimum atomic E-state index is -0.870. The number of anilines is 1. The van der Waals surface area contributed by atoms with Crippen molar-refractivity contribution in [2.45, 2.75) is 43.3 Å². The number of rotatable bonds is 3. The SMILES string of the molecule is COC(=O)C(=O)NC12CC(c3ccc(NC(=O)N4Cc5ccc(F)cc5C4)cc3)(C1)C2. The van der Waals surface area contributed by atoms with Crippen LogP contribution in [0.3, 0.4) is 0 Å². The van der Waals surface area contributed by atoms with Crippen molar-refractivity contribution in [3.63, 3.8) is 0 Å². The first-order valence-corrected chi connectivity index (χ1v) is 10.2. The molecule has 0 atom stereocenters. The molecule has 8 heteroatoms. The Morgan fingerprint density at radius 3 is 2.35 bits per heavy atom. The predicted octanol–water partition coefficient (Wildman–Crippen LogP) is 2.84. The van der Waals surface area contributed by atoms with Crippen molar-refractivity contribution in [3.8, 4) is 0 Å². The average Bonchev–Trinajstić information content (AvgIpc) is 3.13. The zero-order valence-corrected chi connectivity index (χ0v) is 17.0. The maximum Gasteiger partial charge on any atom is 0.396 e. The Morgan fingerprint density at radius 2 is 1.68 bits per heavy atom. The minimum Gasteiger partial charge on any atom is -0.462 e.